The molecule has 1 aliphatic carbocycles. The average Bonchev–Trinajstić information content (AvgIpc) is 2.63. The summed E-state index contributed by atoms with van der Waals surface area (Å²) in [5.74, 6) is -4.98. The van der Waals surface area contributed by atoms with Crippen LogP contribution >= 0.6 is 24.2 Å². The monoisotopic (exact) mass is 417 g/mol. The van der Waals surface area contributed by atoms with Crippen molar-refractivity contribution in [1.82, 2.24) is 0 Å². The quantitative estimate of drug-likeness (QED) is 0.439. The first kappa shape index (κ1) is 21.6. The molecule has 0 spiro atoms. The topological polar surface area (TPSA) is 49.3 Å². The standard InChI is InChI=1S/C13H7ClF3NOS.C6H12O/c14-8-2-1-6(3-11(8)20)13(19)18-7-4-9(15)12(17)10(16)5-7;7-6-4-2-1-3-5-6/h1-5,20H,(H,18,19);6-7H,1-5H2. The molecular formula is C19H19ClF3NO2S. The average molecular weight is 418 g/mol. The van der Waals surface area contributed by atoms with Crippen molar-refractivity contribution in [2.24, 2.45) is 0 Å². The van der Waals surface area contributed by atoms with Crippen molar-refractivity contribution in [3.8, 4) is 0 Å². The van der Waals surface area contributed by atoms with Gasteiger partial charge >= 0.3 is 0 Å². The van der Waals surface area contributed by atoms with Gasteiger partial charge in [0.15, 0.2) is 17.5 Å². The first-order chi connectivity index (χ1) is 12.8. The van der Waals surface area contributed by atoms with E-state index in [0.29, 0.717) is 22.1 Å². The maximum Gasteiger partial charge on any atom is 0.255 e. The molecule has 0 aliphatic heterocycles. The van der Waals surface area contributed by atoms with Crippen LogP contribution in [0.4, 0.5) is 18.9 Å². The molecule has 1 fully saturated rings. The van der Waals surface area contributed by atoms with E-state index in [1.54, 1.807) is 0 Å². The van der Waals surface area contributed by atoms with E-state index in [2.05, 4.69) is 17.9 Å². The lowest BCUT2D eigenvalue weighted by Crippen LogP contribution is -2.12. The zero-order valence-corrected chi connectivity index (χ0v) is 16.0. The predicted molar refractivity (Wildman–Crippen MR) is 102 cm³/mol. The van der Waals surface area contributed by atoms with Gasteiger partial charge in [-0.05, 0) is 31.0 Å². The fraction of sp³-hybridized carbons (Fsp3) is 0.316. The van der Waals surface area contributed by atoms with E-state index < -0.39 is 23.4 Å². The molecule has 1 amide bonds. The van der Waals surface area contributed by atoms with Crippen molar-refractivity contribution in [1.29, 1.82) is 0 Å². The van der Waals surface area contributed by atoms with Gasteiger partial charge in [-0.3, -0.25) is 4.79 Å². The minimum Gasteiger partial charge on any atom is -0.393 e. The minimum absolute atomic E-state index is 0.0359. The smallest absolute Gasteiger partial charge is 0.255 e. The first-order valence-electron chi connectivity index (χ1n) is 8.40. The van der Waals surface area contributed by atoms with E-state index in [1.807, 2.05) is 0 Å². The van der Waals surface area contributed by atoms with Gasteiger partial charge in [-0.1, -0.05) is 30.9 Å². The Morgan fingerprint density at radius 3 is 2.15 bits per heavy atom. The molecule has 27 heavy (non-hydrogen) atoms. The Morgan fingerprint density at radius 1 is 1.07 bits per heavy atom. The van der Waals surface area contributed by atoms with Gasteiger partial charge in [0.25, 0.3) is 5.91 Å². The van der Waals surface area contributed by atoms with Crippen LogP contribution < -0.4 is 5.32 Å². The fourth-order valence-electron chi connectivity index (χ4n) is 2.57. The van der Waals surface area contributed by atoms with E-state index in [-0.39, 0.29) is 17.4 Å². The van der Waals surface area contributed by atoms with Gasteiger partial charge in [0, 0.05) is 28.3 Å². The molecule has 3 nitrogen and oxygen atoms in total. The summed E-state index contributed by atoms with van der Waals surface area (Å²) in [6, 6.07) is 5.66. The number of aliphatic hydroxyl groups is 1. The highest BCUT2D eigenvalue weighted by molar-refractivity contribution is 7.80. The van der Waals surface area contributed by atoms with Gasteiger partial charge in [0.1, 0.15) is 0 Å². The molecule has 8 heteroatoms. The summed E-state index contributed by atoms with van der Waals surface area (Å²) in [6.07, 6.45) is 5.92. The molecule has 1 saturated carbocycles. The molecule has 146 valence electrons. The highest BCUT2D eigenvalue weighted by atomic mass is 35.5. The number of hydrogen-bond acceptors (Lipinski definition) is 3. The molecule has 0 atom stereocenters. The van der Waals surface area contributed by atoms with Crippen molar-refractivity contribution in [2.45, 2.75) is 43.1 Å². The number of anilines is 1. The molecule has 0 aromatic heterocycles. The van der Waals surface area contributed by atoms with Crippen LogP contribution in [0.3, 0.4) is 0 Å². The maximum atomic E-state index is 13.0. The predicted octanol–water partition coefficient (Wildman–Crippen LogP) is 5.61. The van der Waals surface area contributed by atoms with Crippen LogP contribution in [-0.4, -0.2) is 17.1 Å². The van der Waals surface area contributed by atoms with Crippen LogP contribution in [0.1, 0.15) is 42.5 Å². The Kier molecular flexibility index (Phi) is 8.01. The van der Waals surface area contributed by atoms with Crippen LogP contribution in [0.25, 0.3) is 0 Å². The van der Waals surface area contributed by atoms with Gasteiger partial charge in [-0.15, -0.1) is 12.6 Å². The summed E-state index contributed by atoms with van der Waals surface area (Å²) in [6.45, 7) is 0. The Bertz CT molecular complexity index is 791. The number of aliphatic hydroxyl groups excluding tert-OH is 1. The molecule has 3 rings (SSSR count). The summed E-state index contributed by atoms with van der Waals surface area (Å²) in [5.41, 5.74) is 0.00612. The van der Waals surface area contributed by atoms with Crippen molar-refractivity contribution in [2.75, 3.05) is 5.32 Å². The van der Waals surface area contributed by atoms with Gasteiger partial charge in [0.2, 0.25) is 0 Å². The maximum absolute atomic E-state index is 13.0. The molecular weight excluding hydrogens is 399 g/mol. The van der Waals surface area contributed by atoms with Crippen molar-refractivity contribution in [3.05, 3.63) is 58.4 Å². The van der Waals surface area contributed by atoms with Crippen LogP contribution in [0.2, 0.25) is 5.02 Å². The molecule has 2 aromatic rings. The van der Waals surface area contributed by atoms with Crippen molar-refractivity contribution < 1.29 is 23.1 Å². The lowest BCUT2D eigenvalue weighted by atomic mass is 9.98. The van der Waals surface area contributed by atoms with Crippen LogP contribution in [0.15, 0.2) is 35.2 Å². The highest BCUT2D eigenvalue weighted by Gasteiger charge is 2.13. The molecule has 0 bridgehead atoms. The number of hydrogen-bond donors (Lipinski definition) is 3. The summed E-state index contributed by atoms with van der Waals surface area (Å²) in [4.78, 5) is 12.2. The highest BCUT2D eigenvalue weighted by Crippen LogP contribution is 2.22. The summed E-state index contributed by atoms with van der Waals surface area (Å²) in [5, 5.41) is 11.5. The number of halogens is 4. The second-order valence-corrected chi connectivity index (χ2v) is 7.06. The van der Waals surface area contributed by atoms with Crippen molar-refractivity contribution >= 4 is 35.8 Å². The van der Waals surface area contributed by atoms with Gasteiger partial charge < -0.3 is 10.4 Å². The molecule has 2 aromatic carbocycles. The van der Waals surface area contributed by atoms with E-state index >= 15 is 0 Å². The van der Waals surface area contributed by atoms with Crippen LogP contribution in [0.5, 0.6) is 0 Å². The van der Waals surface area contributed by atoms with E-state index in [9.17, 15) is 18.0 Å². The van der Waals surface area contributed by atoms with E-state index in [4.69, 9.17) is 16.7 Å². The molecule has 1 aliphatic rings. The Balaban J connectivity index is 0.000000313. The van der Waals surface area contributed by atoms with Gasteiger partial charge in [-0.2, -0.15) is 0 Å². The van der Waals surface area contributed by atoms with Crippen LogP contribution in [0, 0.1) is 17.5 Å². The Labute approximate surface area is 166 Å². The third kappa shape index (κ3) is 6.45. The molecule has 0 saturated heterocycles. The normalized spacial score (nSPS) is 14.3. The van der Waals surface area contributed by atoms with E-state index in [0.717, 1.165) is 12.8 Å². The number of benzene rings is 2. The number of carbonyl (C=O) groups is 1. The fourth-order valence-corrected chi connectivity index (χ4v) is 2.90. The zero-order chi connectivity index (χ0) is 20.0. The molecule has 0 heterocycles. The molecule has 0 radical (unpaired) electrons. The second kappa shape index (κ2) is 10.0. The number of nitrogens with one attached hydrogen (secondary N) is 1. The number of amides is 1. The minimum atomic E-state index is -1.59. The third-order valence-corrected chi connectivity index (χ3v) is 4.86. The van der Waals surface area contributed by atoms with Crippen LogP contribution in [-0.2, 0) is 0 Å². The molecule has 0 unspecified atom stereocenters. The Morgan fingerprint density at radius 2 is 1.67 bits per heavy atom. The van der Waals surface area contributed by atoms with E-state index in [1.165, 1.54) is 37.5 Å². The second-order valence-electron chi connectivity index (χ2n) is 6.17. The first-order valence-corrected chi connectivity index (χ1v) is 9.23. The number of carbonyl (C=O) groups excluding carboxylic acids is 1. The number of rotatable bonds is 2. The van der Waals surface area contributed by atoms with Gasteiger partial charge in [0.05, 0.1) is 11.1 Å². The lowest BCUT2D eigenvalue weighted by molar-refractivity contribution is 0.102. The number of thiol groups is 1. The third-order valence-electron chi connectivity index (χ3n) is 4.02. The van der Waals surface area contributed by atoms with Crippen molar-refractivity contribution in [3.63, 3.8) is 0 Å². The van der Waals surface area contributed by atoms with Gasteiger partial charge in [-0.25, -0.2) is 13.2 Å². The Hall–Kier alpha value is -1.70. The zero-order valence-electron chi connectivity index (χ0n) is 14.3. The largest absolute Gasteiger partial charge is 0.393 e. The SMILES string of the molecule is O=C(Nc1cc(F)c(F)c(F)c1)c1ccc(Cl)c(S)c1.OC1CCCCC1. The lowest BCUT2D eigenvalue weighted by Gasteiger charge is -2.14. The summed E-state index contributed by atoms with van der Waals surface area (Å²) >= 11 is 9.81. The molecule has 2 N–H and O–H groups in total. The summed E-state index contributed by atoms with van der Waals surface area (Å²) < 4.78 is 38.8. The summed E-state index contributed by atoms with van der Waals surface area (Å²) in [7, 11) is 0.